The van der Waals surface area contributed by atoms with Crippen molar-refractivity contribution in [3.63, 3.8) is 0 Å². The number of nitrogens with one attached hydrogen (secondary N) is 4. The zero-order chi connectivity index (χ0) is 107. The molecule has 0 aliphatic rings. The minimum atomic E-state index is -1.08. The number of esters is 1. The third-order valence-corrected chi connectivity index (χ3v) is 19.0. The van der Waals surface area contributed by atoms with Crippen LogP contribution in [0.25, 0.3) is 0 Å². The lowest BCUT2D eigenvalue weighted by molar-refractivity contribution is -0.148. The van der Waals surface area contributed by atoms with Crippen molar-refractivity contribution in [3.05, 3.63) is 320 Å². The van der Waals surface area contributed by atoms with Crippen molar-refractivity contribution in [2.45, 2.75) is 180 Å². The quantitative estimate of drug-likeness (QED) is 0.0149. The second-order valence-corrected chi connectivity index (χ2v) is 31.9. The summed E-state index contributed by atoms with van der Waals surface area (Å²) in [6.07, 6.45) is -3.62. The van der Waals surface area contributed by atoms with Gasteiger partial charge >= 0.3 is 11.9 Å². The van der Waals surface area contributed by atoms with Gasteiger partial charge in [0.2, 0.25) is 23.3 Å². The third-order valence-electron chi connectivity index (χ3n) is 19.0. The number of carbonyl (C=O) groups excluding carboxylic acids is 5. The predicted molar refractivity (Wildman–Crippen MR) is 517 cm³/mol. The molecule has 0 aliphatic heterocycles. The normalized spacial score (nSPS) is 11.7. The third kappa shape index (κ3) is 44.3. The van der Waals surface area contributed by atoms with E-state index < -0.39 is 65.3 Å². The number of benzene rings is 10. The largest absolute Gasteiger partial charge is 0.484 e. The van der Waals surface area contributed by atoms with E-state index in [2.05, 4.69) is 87.2 Å². The van der Waals surface area contributed by atoms with Crippen molar-refractivity contribution >= 4 is 35.6 Å². The molecule has 0 spiro atoms. The van der Waals surface area contributed by atoms with E-state index in [0.29, 0.717) is 96.9 Å². The van der Waals surface area contributed by atoms with E-state index in [-0.39, 0.29) is 72.5 Å². The number of aryl methyl sites for hydroxylation is 10. The Morgan fingerprint density at radius 1 is 0.319 bits per heavy atom. The number of carbonyl (C=O) groups is 6. The van der Waals surface area contributed by atoms with Crippen molar-refractivity contribution in [2.75, 3.05) is 20.3 Å². The smallest absolute Gasteiger partial charge is 0.346 e. The number of carboxylic acid groups (broad SMARTS) is 1. The van der Waals surface area contributed by atoms with Gasteiger partial charge in [-0.15, -0.1) is 40.8 Å². The number of aliphatic carboxylic acids is 1. The van der Waals surface area contributed by atoms with Crippen LogP contribution in [0.1, 0.15) is 166 Å². The number of amides is 4. The van der Waals surface area contributed by atoms with Crippen molar-refractivity contribution in [1.82, 2.24) is 82.5 Å². The number of aromatic nitrogens is 16. The minimum Gasteiger partial charge on any atom is -0.484 e. The molecule has 0 fully saturated rings. The molecule has 0 saturated carbocycles. The molecule has 44 heteroatoms. The van der Waals surface area contributed by atoms with Gasteiger partial charge in [-0.25, -0.2) is 35.9 Å². The van der Waals surface area contributed by atoms with Crippen LogP contribution < -0.4 is 70.3 Å². The van der Waals surface area contributed by atoms with Gasteiger partial charge in [-0.2, -0.15) is 20.9 Å². The Morgan fingerprint density at radius 2 is 0.549 bits per heavy atom. The molecular formula is C100H118F6N20O18. The summed E-state index contributed by atoms with van der Waals surface area (Å²) in [5.74, 6) is 1.20. The van der Waals surface area contributed by atoms with E-state index in [4.69, 9.17) is 75.4 Å². The molecule has 0 aliphatic carbocycles. The molecule has 0 saturated heterocycles. The Hall–Kier alpha value is -17.1. The Balaban J connectivity index is 0.000000282. The molecule has 7 atom stereocenters. The highest BCUT2D eigenvalue weighted by atomic mass is 19.1. The Labute approximate surface area is 827 Å². The average Bonchev–Trinajstić information content (AvgIpc) is 1.84. The lowest BCUT2D eigenvalue weighted by atomic mass is 10.1. The highest BCUT2D eigenvalue weighted by Crippen LogP contribution is 2.28. The molecule has 768 valence electrons. The Morgan fingerprint density at radius 3 is 0.792 bits per heavy atom. The van der Waals surface area contributed by atoms with Gasteiger partial charge in [-0.1, -0.05) is 128 Å². The van der Waals surface area contributed by atoms with Gasteiger partial charge in [0.05, 0.1) is 7.11 Å². The van der Waals surface area contributed by atoms with Crippen molar-refractivity contribution in [1.29, 1.82) is 0 Å². The maximum atomic E-state index is 13.2. The topological polar surface area (TPSA) is 546 Å². The summed E-state index contributed by atoms with van der Waals surface area (Å²) in [7, 11) is 1.28. The average molecular weight is 2000 g/mol. The predicted octanol–water partition coefficient (Wildman–Crippen LogP) is 15.8. The fourth-order valence-corrected chi connectivity index (χ4v) is 10.4. The van der Waals surface area contributed by atoms with Crippen molar-refractivity contribution < 1.29 is 112 Å². The lowest BCUT2D eigenvalue weighted by Crippen LogP contribution is -2.43. The van der Waals surface area contributed by atoms with Crippen LogP contribution in [0.5, 0.6) is 57.5 Å². The number of nitrogens with zero attached hydrogens (tertiary/aromatic N) is 12. The van der Waals surface area contributed by atoms with Crippen LogP contribution in [0, 0.1) is 104 Å². The van der Waals surface area contributed by atoms with Gasteiger partial charge < -0.3 is 80.1 Å². The number of hydrogen-bond acceptors (Lipinski definition) is 29. The maximum absolute atomic E-state index is 13.2. The number of primary amides is 4. The van der Waals surface area contributed by atoms with Crippen LogP contribution in [-0.4, -0.2) is 167 Å². The van der Waals surface area contributed by atoms with E-state index in [1.807, 2.05) is 126 Å². The Bertz CT molecular complexity index is 6010. The molecule has 0 radical (unpaired) electrons. The summed E-state index contributed by atoms with van der Waals surface area (Å²) in [4.78, 5) is 63.8. The number of ether oxygens (including phenoxy) is 11. The first-order valence-corrected chi connectivity index (χ1v) is 43.9. The standard InChI is InChI=1S/C11H13FO3.C11H15NO2.2C10H11FN4O.C10H12FNO2.C10H11FO3.2C10H12N4O.C9H10FNO2.C9H11NO2/c1-7-4-5-9(6-10(7)12)15-8(2)11(13)14-3;1-8-4-6-9(7-5-8)14-11(2,3)10(12)13;2*1-6-3-4-8(5-9(6)11)16-7(2)10-12-14-15-13-10;2*1-6-3-4-8(5-9(6)11)14-7(2)10(12)13;2*1-7-3-5-9(6-4-7)15-8(2)10-11-13-14-12-10;1-6-2-3-7(4-8(6)10)13-5-9(11)12;1-7-2-4-8(5-3-7)12-6-9(10)11/h4-6,8H,1-3H3;4-7H,1-3H3,(H2,12,13);2*3-5,7H,1-2H3,(H,12,13,14,15);3-5,7H,1-2H3,(H2,12,13);3-5,7H,1-2H3,(H,12,13);2*3-6,8H,1-2H3,(H,11,12,13,14);2-4H,5H2,1H3,(H2,11,12);2-5H,6H2,1H3,(H2,10,11)/t8-;;4*7-;2*8-;;/m0.100010../s1. The maximum Gasteiger partial charge on any atom is 0.346 e. The first-order valence-electron chi connectivity index (χ1n) is 43.9. The monoisotopic (exact) mass is 2000 g/mol. The summed E-state index contributed by atoms with van der Waals surface area (Å²) in [5, 5.41) is 62.4. The molecule has 0 unspecified atom stereocenters. The van der Waals surface area contributed by atoms with E-state index in [0.717, 1.165) is 22.6 Å². The molecule has 13 N–H and O–H groups in total. The highest BCUT2D eigenvalue weighted by Gasteiger charge is 2.27. The van der Waals surface area contributed by atoms with E-state index in [1.54, 1.807) is 155 Å². The molecule has 4 aromatic heterocycles. The van der Waals surface area contributed by atoms with Gasteiger partial charge in [0.25, 0.3) is 23.6 Å². The molecular weight excluding hydrogens is 1880 g/mol. The van der Waals surface area contributed by atoms with Crippen LogP contribution in [-0.2, 0) is 33.5 Å². The summed E-state index contributed by atoms with van der Waals surface area (Å²) >= 11 is 0. The number of aromatic amines is 4. The molecule has 4 heterocycles. The van der Waals surface area contributed by atoms with Crippen LogP contribution >= 0.6 is 0 Å². The van der Waals surface area contributed by atoms with Crippen molar-refractivity contribution in [3.8, 4) is 57.5 Å². The van der Waals surface area contributed by atoms with Crippen molar-refractivity contribution in [2.24, 2.45) is 22.9 Å². The molecule has 10 aromatic carbocycles. The number of methoxy groups -OCH3 is 1. The molecule has 4 amide bonds. The van der Waals surface area contributed by atoms with Crippen LogP contribution in [0.15, 0.2) is 206 Å². The first kappa shape index (κ1) is 117. The number of nitrogens with two attached hydrogens (primary N) is 4. The second-order valence-electron chi connectivity index (χ2n) is 31.9. The van der Waals surface area contributed by atoms with Gasteiger partial charge in [-0.3, -0.25) is 19.2 Å². The number of tetrazole rings is 4. The zero-order valence-corrected chi connectivity index (χ0v) is 82.9. The zero-order valence-electron chi connectivity index (χ0n) is 82.9. The lowest BCUT2D eigenvalue weighted by Gasteiger charge is -2.22. The number of hydrogen-bond donors (Lipinski definition) is 9. The Kier molecular flexibility index (Phi) is 48.9. The second kappa shape index (κ2) is 60.0. The SMILES string of the molecule is COC(=O)[C@H](C)Oc1ccc(C)c(F)c1.Cc1ccc(OC(C)(C)C(N)=O)cc1.Cc1ccc(OCC(N)=O)cc1.Cc1ccc(OCC(N)=O)cc1F.Cc1ccc(O[C@@H](C)C(=O)O)cc1F.Cc1ccc(O[C@@H](C)C(N)=O)cc1F.Cc1ccc(O[C@@H](C)c2nn[nH]n2)cc1.Cc1ccc(O[C@@H](C)c2nn[nH]n2)cc1F.Cc1ccc(O[C@H](C)c2nn[nH]n2)cc1.Cc1ccc(O[C@H](C)c2nn[nH]n2)cc1F. The van der Waals surface area contributed by atoms with Gasteiger partial charge in [0, 0.05) is 36.4 Å². The molecule has 0 bridgehead atoms. The number of H-pyrrole nitrogens is 4. The van der Waals surface area contributed by atoms with E-state index >= 15 is 0 Å². The number of rotatable bonds is 30. The van der Waals surface area contributed by atoms with E-state index in [9.17, 15) is 55.1 Å². The fourth-order valence-electron chi connectivity index (χ4n) is 10.4. The van der Waals surface area contributed by atoms with E-state index in [1.165, 1.54) is 74.5 Å². The number of halogens is 6. The van der Waals surface area contributed by atoms with Gasteiger partial charge in [0.15, 0.2) is 61.5 Å². The molecule has 144 heavy (non-hydrogen) atoms. The van der Waals surface area contributed by atoms with Gasteiger partial charge in [-0.05, 0) is 250 Å². The summed E-state index contributed by atoms with van der Waals surface area (Å²) in [5.41, 5.74) is 26.9. The summed E-state index contributed by atoms with van der Waals surface area (Å²) in [6, 6.07) is 57.5. The fraction of sp³-hybridized carbons (Fsp3) is 0.300. The van der Waals surface area contributed by atoms with Crippen LogP contribution in [0.2, 0.25) is 0 Å². The molecule has 14 rings (SSSR count). The highest BCUT2D eigenvalue weighted by molar-refractivity contribution is 5.83. The number of carboxylic acids is 1. The van der Waals surface area contributed by atoms with Crippen LogP contribution in [0.3, 0.4) is 0 Å². The first-order chi connectivity index (χ1) is 68.1. The van der Waals surface area contributed by atoms with Crippen LogP contribution in [0.4, 0.5) is 26.3 Å². The molecule has 14 aromatic rings. The summed E-state index contributed by atoms with van der Waals surface area (Å²) in [6.45, 7) is 32.7. The van der Waals surface area contributed by atoms with Gasteiger partial charge in [0.1, 0.15) is 92.4 Å². The molecule has 38 nitrogen and oxygen atoms in total. The minimum absolute atomic E-state index is 0.0664. The summed E-state index contributed by atoms with van der Waals surface area (Å²) < 4.78 is 136.